The molecule has 148 valence electrons. The summed E-state index contributed by atoms with van der Waals surface area (Å²) in [4.78, 5) is 26.5. The fourth-order valence-electron chi connectivity index (χ4n) is 2.67. The van der Waals surface area contributed by atoms with Crippen LogP contribution in [0.25, 0.3) is 6.08 Å². The minimum atomic E-state index is -0.439. The maximum absolute atomic E-state index is 13.1. The summed E-state index contributed by atoms with van der Waals surface area (Å²) in [7, 11) is 1.49. The molecule has 0 bridgehead atoms. The van der Waals surface area contributed by atoms with Gasteiger partial charge in [0.1, 0.15) is 12.4 Å². The number of ether oxygens (including phenoxy) is 2. The molecule has 0 spiro atoms. The molecule has 0 saturated carbocycles. The fourth-order valence-corrected chi connectivity index (χ4v) is 3.95. The zero-order valence-electron chi connectivity index (χ0n) is 15.3. The highest BCUT2D eigenvalue weighted by atomic mass is 79.9. The third-order valence-electron chi connectivity index (χ3n) is 3.98. The number of hydrogen-bond donors (Lipinski definition) is 0. The third kappa shape index (κ3) is 4.81. The third-order valence-corrected chi connectivity index (χ3v) is 5.35. The molecule has 0 aliphatic carbocycles. The molecule has 0 unspecified atom stereocenters. The van der Waals surface area contributed by atoms with Gasteiger partial charge in [-0.15, -0.1) is 6.42 Å². The van der Waals surface area contributed by atoms with Gasteiger partial charge in [0.05, 0.1) is 18.6 Å². The summed E-state index contributed by atoms with van der Waals surface area (Å²) >= 11 is 4.21. The Kier molecular flexibility index (Phi) is 6.62. The van der Waals surface area contributed by atoms with Crippen LogP contribution in [-0.4, -0.2) is 29.8 Å². The lowest BCUT2D eigenvalue weighted by molar-refractivity contribution is -0.123. The quantitative estimate of drug-likeness (QED) is 0.441. The molecule has 1 fully saturated rings. The molecule has 0 atom stereocenters. The Morgan fingerprint density at radius 2 is 2.00 bits per heavy atom. The summed E-state index contributed by atoms with van der Waals surface area (Å²) in [5.74, 6) is 2.37. The molecule has 2 aromatic carbocycles. The standard InChI is InChI=1S/C21H15BrFNO4S/c1-3-8-28-19-14(9-15(22)11-17(19)27-2)10-18-20(25)24(21(26)29-18)12-13-4-6-16(23)7-5-13/h1,4-7,9-11H,8,12H2,2H3/b18-10+. The van der Waals surface area contributed by atoms with Gasteiger partial charge in [0, 0.05) is 10.0 Å². The topological polar surface area (TPSA) is 55.8 Å². The number of carbonyl (C=O) groups excluding carboxylic acids is 2. The molecule has 2 amide bonds. The SMILES string of the molecule is C#CCOc1c(/C=C2/SC(=O)N(Cc3ccc(F)cc3)C2=O)cc(Br)cc1OC. The molecule has 29 heavy (non-hydrogen) atoms. The Morgan fingerprint density at radius 3 is 2.66 bits per heavy atom. The molecule has 0 radical (unpaired) electrons. The van der Waals surface area contributed by atoms with Crippen LogP contribution in [0.2, 0.25) is 0 Å². The zero-order chi connectivity index (χ0) is 21.0. The first-order valence-corrected chi connectivity index (χ1v) is 9.97. The molecule has 1 saturated heterocycles. The van der Waals surface area contributed by atoms with Gasteiger partial charge < -0.3 is 9.47 Å². The zero-order valence-corrected chi connectivity index (χ0v) is 17.7. The number of rotatable bonds is 6. The van der Waals surface area contributed by atoms with Crippen LogP contribution in [0.15, 0.2) is 45.8 Å². The molecular formula is C21H15BrFNO4S. The van der Waals surface area contributed by atoms with Crippen molar-refractivity contribution in [2.24, 2.45) is 0 Å². The van der Waals surface area contributed by atoms with E-state index in [4.69, 9.17) is 15.9 Å². The van der Waals surface area contributed by atoms with Crippen LogP contribution in [-0.2, 0) is 11.3 Å². The molecule has 0 N–H and O–H groups in total. The lowest BCUT2D eigenvalue weighted by atomic mass is 10.1. The monoisotopic (exact) mass is 475 g/mol. The largest absolute Gasteiger partial charge is 0.493 e. The minimum Gasteiger partial charge on any atom is -0.493 e. The highest BCUT2D eigenvalue weighted by Crippen LogP contribution is 2.39. The Bertz CT molecular complexity index is 1030. The molecule has 3 rings (SSSR count). The number of thioether (sulfide) groups is 1. The van der Waals surface area contributed by atoms with E-state index in [0.717, 1.165) is 16.7 Å². The number of halogens is 2. The van der Waals surface area contributed by atoms with Crippen LogP contribution in [0.5, 0.6) is 11.5 Å². The van der Waals surface area contributed by atoms with Crippen molar-refractivity contribution in [1.29, 1.82) is 0 Å². The summed E-state index contributed by atoms with van der Waals surface area (Å²) in [6.45, 7) is 0.0788. The van der Waals surface area contributed by atoms with E-state index in [9.17, 15) is 14.0 Å². The summed E-state index contributed by atoms with van der Waals surface area (Å²) in [6.07, 6.45) is 6.84. The van der Waals surface area contributed by atoms with Crippen molar-refractivity contribution in [3.05, 3.63) is 62.7 Å². The van der Waals surface area contributed by atoms with E-state index in [1.54, 1.807) is 18.2 Å². The van der Waals surface area contributed by atoms with Gasteiger partial charge in [-0.05, 0) is 47.7 Å². The van der Waals surface area contributed by atoms with E-state index < -0.39 is 11.1 Å². The molecular weight excluding hydrogens is 461 g/mol. The number of amides is 2. The Labute approximate surface area is 180 Å². The van der Waals surface area contributed by atoms with Gasteiger partial charge in [-0.1, -0.05) is 34.0 Å². The maximum Gasteiger partial charge on any atom is 0.293 e. The lowest BCUT2D eigenvalue weighted by Crippen LogP contribution is -2.27. The van der Waals surface area contributed by atoms with Crippen LogP contribution in [0.4, 0.5) is 9.18 Å². The van der Waals surface area contributed by atoms with Crippen molar-refractivity contribution in [2.45, 2.75) is 6.54 Å². The van der Waals surface area contributed by atoms with Crippen molar-refractivity contribution in [3.8, 4) is 23.8 Å². The number of methoxy groups -OCH3 is 1. The van der Waals surface area contributed by atoms with Gasteiger partial charge in [0.25, 0.3) is 11.1 Å². The Morgan fingerprint density at radius 1 is 1.28 bits per heavy atom. The second-order valence-electron chi connectivity index (χ2n) is 5.91. The number of imide groups is 1. The van der Waals surface area contributed by atoms with E-state index in [1.165, 1.54) is 31.4 Å². The van der Waals surface area contributed by atoms with Crippen molar-refractivity contribution in [2.75, 3.05) is 13.7 Å². The molecule has 0 aromatic heterocycles. The van der Waals surface area contributed by atoms with Crippen LogP contribution >= 0.6 is 27.7 Å². The van der Waals surface area contributed by atoms with Gasteiger partial charge in [-0.25, -0.2) is 4.39 Å². The predicted octanol–water partition coefficient (Wildman–Crippen LogP) is 4.85. The number of terminal acetylenes is 1. The van der Waals surface area contributed by atoms with Gasteiger partial charge in [0.2, 0.25) is 0 Å². The first kappa shape index (κ1) is 21.0. The number of carbonyl (C=O) groups is 2. The number of hydrogen-bond acceptors (Lipinski definition) is 5. The maximum atomic E-state index is 13.1. The summed E-state index contributed by atoms with van der Waals surface area (Å²) in [6, 6.07) is 9.09. The van der Waals surface area contributed by atoms with E-state index in [2.05, 4.69) is 21.9 Å². The molecule has 8 heteroatoms. The molecule has 1 heterocycles. The second-order valence-corrected chi connectivity index (χ2v) is 7.82. The van der Waals surface area contributed by atoms with Crippen LogP contribution < -0.4 is 9.47 Å². The summed E-state index contributed by atoms with van der Waals surface area (Å²) in [5, 5.41) is -0.404. The average molecular weight is 476 g/mol. The van der Waals surface area contributed by atoms with Gasteiger partial charge in [0.15, 0.2) is 11.5 Å². The van der Waals surface area contributed by atoms with E-state index >= 15 is 0 Å². The molecule has 1 aliphatic heterocycles. The summed E-state index contributed by atoms with van der Waals surface area (Å²) < 4.78 is 24.7. The first-order valence-electron chi connectivity index (χ1n) is 8.36. The van der Waals surface area contributed by atoms with Crippen LogP contribution in [0.1, 0.15) is 11.1 Å². The van der Waals surface area contributed by atoms with Gasteiger partial charge in [-0.2, -0.15) is 0 Å². The van der Waals surface area contributed by atoms with Gasteiger partial charge >= 0.3 is 0 Å². The molecule has 1 aliphatic rings. The fraction of sp³-hybridized carbons (Fsp3) is 0.143. The summed E-state index contributed by atoms with van der Waals surface area (Å²) in [5.41, 5.74) is 1.19. The molecule has 2 aromatic rings. The normalized spacial score (nSPS) is 15.0. The van der Waals surface area contributed by atoms with E-state index in [-0.39, 0.29) is 23.9 Å². The lowest BCUT2D eigenvalue weighted by Gasteiger charge is -2.13. The predicted molar refractivity (Wildman–Crippen MR) is 113 cm³/mol. The van der Waals surface area contributed by atoms with Crippen molar-refractivity contribution in [3.63, 3.8) is 0 Å². The Balaban J connectivity index is 1.92. The molecule has 5 nitrogen and oxygen atoms in total. The van der Waals surface area contributed by atoms with Crippen molar-refractivity contribution in [1.82, 2.24) is 4.90 Å². The second kappa shape index (κ2) is 9.16. The smallest absolute Gasteiger partial charge is 0.293 e. The average Bonchev–Trinajstić information content (AvgIpc) is 2.95. The van der Waals surface area contributed by atoms with E-state index in [0.29, 0.717) is 27.1 Å². The van der Waals surface area contributed by atoms with Crippen LogP contribution in [0, 0.1) is 18.2 Å². The number of benzene rings is 2. The van der Waals surface area contributed by atoms with E-state index in [1.807, 2.05) is 0 Å². The van der Waals surface area contributed by atoms with Crippen molar-refractivity contribution < 1.29 is 23.5 Å². The first-order chi connectivity index (χ1) is 13.9. The highest BCUT2D eigenvalue weighted by molar-refractivity contribution is 9.10. The minimum absolute atomic E-state index is 0.0187. The Hall–Kier alpha value is -2.76. The van der Waals surface area contributed by atoms with Crippen LogP contribution in [0.3, 0.4) is 0 Å². The van der Waals surface area contributed by atoms with Gasteiger partial charge in [-0.3, -0.25) is 14.5 Å². The number of nitrogens with zero attached hydrogens (tertiary/aromatic N) is 1. The van der Waals surface area contributed by atoms with Crippen molar-refractivity contribution >= 4 is 44.9 Å². The highest BCUT2D eigenvalue weighted by Gasteiger charge is 2.35.